The highest BCUT2D eigenvalue weighted by Crippen LogP contribution is 2.25. The maximum atomic E-state index is 13.3. The number of nitrogens with one attached hydrogen (secondary N) is 2. The van der Waals surface area contributed by atoms with Crippen LogP contribution in [0, 0.1) is 5.82 Å². The van der Waals surface area contributed by atoms with E-state index in [9.17, 15) is 9.18 Å². The average molecular weight is 275 g/mol. The van der Waals surface area contributed by atoms with Crippen LogP contribution < -0.4 is 10.6 Å². The molecular formula is C10H12BrFN2O. The maximum Gasteiger partial charge on any atom is 0.225 e. The summed E-state index contributed by atoms with van der Waals surface area (Å²) in [5.41, 5.74) is 0.193. The molecule has 82 valence electrons. The van der Waals surface area contributed by atoms with E-state index >= 15 is 0 Å². The molecule has 1 aromatic rings. The molecule has 1 aromatic carbocycles. The van der Waals surface area contributed by atoms with E-state index in [0.29, 0.717) is 17.4 Å². The standard InChI is InChI=1S/C10H12BrFN2O/c1-13-6-5-9(15)14-10-7(11)3-2-4-8(10)12/h2-4,13H,5-6H2,1H3,(H,14,15). The van der Waals surface area contributed by atoms with Crippen LogP contribution in [0.15, 0.2) is 22.7 Å². The van der Waals surface area contributed by atoms with E-state index in [0.717, 1.165) is 0 Å². The zero-order valence-electron chi connectivity index (χ0n) is 8.31. The molecule has 5 heteroatoms. The molecule has 0 aliphatic rings. The summed E-state index contributed by atoms with van der Waals surface area (Å²) in [7, 11) is 1.76. The number of rotatable bonds is 4. The molecule has 0 atom stereocenters. The number of amides is 1. The van der Waals surface area contributed by atoms with Crippen LogP contribution >= 0.6 is 15.9 Å². The van der Waals surface area contributed by atoms with Crippen LogP contribution in [0.2, 0.25) is 0 Å². The summed E-state index contributed by atoms with van der Waals surface area (Å²) in [6.45, 7) is 0.567. The lowest BCUT2D eigenvalue weighted by atomic mass is 10.3. The van der Waals surface area contributed by atoms with Crippen LogP contribution in [0.1, 0.15) is 6.42 Å². The van der Waals surface area contributed by atoms with Crippen molar-refractivity contribution in [2.24, 2.45) is 0 Å². The number of halogens is 2. The second-order valence-corrected chi connectivity index (χ2v) is 3.85. The first kappa shape index (κ1) is 12.1. The predicted molar refractivity (Wildman–Crippen MR) is 61.3 cm³/mol. The fraction of sp³-hybridized carbons (Fsp3) is 0.300. The molecule has 1 rings (SSSR count). The van der Waals surface area contributed by atoms with Gasteiger partial charge in [0.05, 0.1) is 5.69 Å². The van der Waals surface area contributed by atoms with Crippen LogP contribution in [0.4, 0.5) is 10.1 Å². The predicted octanol–water partition coefficient (Wildman–Crippen LogP) is 2.14. The minimum Gasteiger partial charge on any atom is -0.323 e. The van der Waals surface area contributed by atoms with E-state index < -0.39 is 5.82 Å². The molecule has 15 heavy (non-hydrogen) atoms. The van der Waals surface area contributed by atoms with E-state index in [4.69, 9.17) is 0 Å². The fourth-order valence-corrected chi connectivity index (χ4v) is 1.50. The number of benzene rings is 1. The second kappa shape index (κ2) is 5.82. The van der Waals surface area contributed by atoms with Crippen LogP contribution in [0.3, 0.4) is 0 Å². The van der Waals surface area contributed by atoms with Gasteiger partial charge in [0.25, 0.3) is 0 Å². The van der Waals surface area contributed by atoms with Crippen LogP contribution in [-0.4, -0.2) is 19.5 Å². The Balaban J connectivity index is 2.68. The summed E-state index contributed by atoms with van der Waals surface area (Å²) in [4.78, 5) is 11.3. The van der Waals surface area contributed by atoms with Crippen molar-refractivity contribution in [3.63, 3.8) is 0 Å². The van der Waals surface area contributed by atoms with Gasteiger partial charge in [0, 0.05) is 17.4 Å². The third-order valence-electron chi connectivity index (χ3n) is 1.83. The maximum absolute atomic E-state index is 13.3. The summed E-state index contributed by atoms with van der Waals surface area (Å²) < 4.78 is 13.8. The minimum atomic E-state index is -0.442. The molecule has 2 N–H and O–H groups in total. The Morgan fingerprint density at radius 2 is 2.27 bits per heavy atom. The van der Waals surface area contributed by atoms with Crippen molar-refractivity contribution in [3.05, 3.63) is 28.5 Å². The Morgan fingerprint density at radius 1 is 1.53 bits per heavy atom. The molecule has 0 bridgehead atoms. The number of hydrogen-bond acceptors (Lipinski definition) is 2. The Morgan fingerprint density at radius 3 is 2.87 bits per heavy atom. The monoisotopic (exact) mass is 274 g/mol. The van der Waals surface area contributed by atoms with Gasteiger partial charge in [-0.1, -0.05) is 6.07 Å². The molecule has 0 aliphatic carbocycles. The lowest BCUT2D eigenvalue weighted by Crippen LogP contribution is -2.19. The summed E-state index contributed by atoms with van der Waals surface area (Å²) in [5, 5.41) is 5.36. The molecule has 0 heterocycles. The smallest absolute Gasteiger partial charge is 0.225 e. The van der Waals surface area contributed by atoms with Gasteiger partial charge in [-0.15, -0.1) is 0 Å². The number of carbonyl (C=O) groups is 1. The van der Waals surface area contributed by atoms with E-state index in [2.05, 4.69) is 26.6 Å². The van der Waals surface area contributed by atoms with Crippen molar-refractivity contribution in [2.75, 3.05) is 18.9 Å². The Kier molecular flexibility index (Phi) is 4.71. The van der Waals surface area contributed by atoms with Gasteiger partial charge in [-0.3, -0.25) is 4.79 Å². The fourth-order valence-electron chi connectivity index (χ4n) is 1.06. The summed E-state index contributed by atoms with van der Waals surface area (Å²) in [5.74, 6) is -0.655. The van der Waals surface area contributed by atoms with Crippen LogP contribution in [-0.2, 0) is 4.79 Å². The molecular weight excluding hydrogens is 263 g/mol. The normalized spacial score (nSPS) is 10.1. The van der Waals surface area contributed by atoms with Crippen molar-refractivity contribution >= 4 is 27.5 Å². The summed E-state index contributed by atoms with van der Waals surface area (Å²) in [6.07, 6.45) is 0.317. The van der Waals surface area contributed by atoms with E-state index in [1.54, 1.807) is 19.2 Å². The Hall–Kier alpha value is -0.940. The molecule has 1 amide bonds. The minimum absolute atomic E-state index is 0.193. The van der Waals surface area contributed by atoms with Gasteiger partial charge in [-0.2, -0.15) is 0 Å². The van der Waals surface area contributed by atoms with Gasteiger partial charge >= 0.3 is 0 Å². The highest BCUT2D eigenvalue weighted by atomic mass is 79.9. The van der Waals surface area contributed by atoms with Gasteiger partial charge in [0.1, 0.15) is 5.82 Å². The molecule has 0 saturated heterocycles. The van der Waals surface area contributed by atoms with Crippen molar-refractivity contribution in [1.82, 2.24) is 5.32 Å². The molecule has 0 saturated carbocycles. The van der Waals surface area contributed by atoms with E-state index in [1.165, 1.54) is 6.07 Å². The van der Waals surface area contributed by atoms with E-state index in [1.807, 2.05) is 0 Å². The Labute approximate surface area is 96.2 Å². The van der Waals surface area contributed by atoms with Crippen LogP contribution in [0.5, 0.6) is 0 Å². The van der Waals surface area contributed by atoms with Crippen LogP contribution in [0.25, 0.3) is 0 Å². The SMILES string of the molecule is CNCCC(=O)Nc1c(F)cccc1Br. The Bertz CT molecular complexity index is 337. The third kappa shape index (κ3) is 3.60. The zero-order valence-corrected chi connectivity index (χ0v) is 9.90. The first-order valence-electron chi connectivity index (χ1n) is 4.53. The van der Waals surface area contributed by atoms with Crippen molar-refractivity contribution < 1.29 is 9.18 Å². The summed E-state index contributed by atoms with van der Waals surface area (Å²) in [6, 6.07) is 4.55. The van der Waals surface area contributed by atoms with Crippen molar-refractivity contribution in [3.8, 4) is 0 Å². The first-order chi connectivity index (χ1) is 7.15. The van der Waals surface area contributed by atoms with Gasteiger partial charge in [0.2, 0.25) is 5.91 Å². The highest BCUT2D eigenvalue weighted by Gasteiger charge is 2.09. The number of carbonyl (C=O) groups excluding carboxylic acids is 1. The topological polar surface area (TPSA) is 41.1 Å². The van der Waals surface area contributed by atoms with Crippen molar-refractivity contribution in [2.45, 2.75) is 6.42 Å². The largest absolute Gasteiger partial charge is 0.323 e. The second-order valence-electron chi connectivity index (χ2n) is 3.00. The molecule has 0 unspecified atom stereocenters. The van der Waals surface area contributed by atoms with Gasteiger partial charge in [-0.05, 0) is 35.1 Å². The molecule has 3 nitrogen and oxygen atoms in total. The molecule has 0 aliphatic heterocycles. The number of anilines is 1. The number of para-hydroxylation sites is 1. The highest BCUT2D eigenvalue weighted by molar-refractivity contribution is 9.10. The molecule has 0 spiro atoms. The van der Waals surface area contributed by atoms with Gasteiger partial charge in [0.15, 0.2) is 0 Å². The first-order valence-corrected chi connectivity index (χ1v) is 5.33. The van der Waals surface area contributed by atoms with Gasteiger partial charge < -0.3 is 10.6 Å². The lowest BCUT2D eigenvalue weighted by molar-refractivity contribution is -0.116. The zero-order chi connectivity index (χ0) is 11.3. The third-order valence-corrected chi connectivity index (χ3v) is 2.49. The quantitative estimate of drug-likeness (QED) is 0.883. The van der Waals surface area contributed by atoms with Crippen molar-refractivity contribution in [1.29, 1.82) is 0 Å². The number of hydrogen-bond donors (Lipinski definition) is 2. The van der Waals surface area contributed by atoms with E-state index in [-0.39, 0.29) is 11.6 Å². The molecule has 0 radical (unpaired) electrons. The molecule has 0 aromatic heterocycles. The average Bonchev–Trinajstić information content (AvgIpc) is 2.21. The lowest BCUT2D eigenvalue weighted by Gasteiger charge is -2.07. The summed E-state index contributed by atoms with van der Waals surface area (Å²) >= 11 is 3.17. The molecule has 0 fully saturated rings. The van der Waals surface area contributed by atoms with Gasteiger partial charge in [-0.25, -0.2) is 4.39 Å².